The average Bonchev–Trinajstić information content (AvgIpc) is 2.89. The molecule has 2 aromatic rings. The fourth-order valence-corrected chi connectivity index (χ4v) is 6.10. The highest BCUT2D eigenvalue weighted by atomic mass is 19.1. The summed E-state index contributed by atoms with van der Waals surface area (Å²) >= 11 is 0. The molecule has 34 heavy (non-hydrogen) atoms. The Labute approximate surface area is 202 Å². The molecule has 2 N–H and O–H groups in total. The molecule has 0 amide bonds. The summed E-state index contributed by atoms with van der Waals surface area (Å²) in [6.07, 6.45) is 2.93. The fourth-order valence-electron chi connectivity index (χ4n) is 6.10. The van der Waals surface area contributed by atoms with Crippen molar-refractivity contribution in [1.29, 1.82) is 0 Å². The zero-order chi connectivity index (χ0) is 24.1. The molecule has 184 valence electrons. The Bertz CT molecular complexity index is 961. The smallest absolute Gasteiger partial charge is 0.167 e. The minimum Gasteiger partial charge on any atom is -0.394 e. The molecule has 2 fully saturated rings. The number of carbonyl (C=O) groups excluding carboxylic acids is 1. The lowest BCUT2D eigenvalue weighted by molar-refractivity contribution is -0.00652. The quantitative estimate of drug-likeness (QED) is 0.577. The van der Waals surface area contributed by atoms with E-state index in [1.165, 1.54) is 6.07 Å². The van der Waals surface area contributed by atoms with Crippen molar-refractivity contribution in [3.63, 3.8) is 0 Å². The van der Waals surface area contributed by atoms with Gasteiger partial charge < -0.3 is 15.2 Å². The minimum atomic E-state index is -0.511. The molecule has 0 spiro atoms. The van der Waals surface area contributed by atoms with Gasteiger partial charge in [0.2, 0.25) is 0 Å². The monoisotopic (exact) mass is 468 g/mol. The van der Waals surface area contributed by atoms with Crippen LogP contribution in [0, 0.1) is 24.6 Å². The number of methoxy groups -OCH3 is 1. The van der Waals surface area contributed by atoms with E-state index in [0.717, 1.165) is 37.9 Å². The normalized spacial score (nSPS) is 28.1. The van der Waals surface area contributed by atoms with E-state index in [4.69, 9.17) is 4.74 Å². The molecule has 4 atom stereocenters. The molecule has 0 aromatic heterocycles. The Balaban J connectivity index is 1.84. The molecule has 5 nitrogen and oxygen atoms in total. The molecule has 2 aliphatic rings. The zero-order valence-corrected chi connectivity index (χ0v) is 20.3. The number of carbonyl (C=O) groups is 1. The second-order valence-corrected chi connectivity index (χ2v) is 9.87. The van der Waals surface area contributed by atoms with Crippen molar-refractivity contribution >= 4 is 5.78 Å². The third-order valence-electron chi connectivity index (χ3n) is 7.97. The van der Waals surface area contributed by atoms with E-state index in [-0.39, 0.29) is 36.0 Å². The van der Waals surface area contributed by atoms with Gasteiger partial charge in [-0.1, -0.05) is 48.9 Å². The number of aliphatic hydroxyl groups is 1. The van der Waals surface area contributed by atoms with Crippen molar-refractivity contribution in [2.75, 3.05) is 46.5 Å². The summed E-state index contributed by atoms with van der Waals surface area (Å²) in [5.41, 5.74) is 1.64. The molecule has 0 radical (unpaired) electrons. The van der Waals surface area contributed by atoms with Crippen LogP contribution in [0.2, 0.25) is 0 Å². The number of hydrogen-bond donors (Lipinski definition) is 2. The molecular weight excluding hydrogens is 431 g/mol. The molecule has 6 heteroatoms. The van der Waals surface area contributed by atoms with Crippen LogP contribution in [0.15, 0.2) is 48.5 Å². The van der Waals surface area contributed by atoms with Gasteiger partial charge in [-0.15, -0.1) is 0 Å². The molecule has 0 aliphatic carbocycles. The van der Waals surface area contributed by atoms with Crippen molar-refractivity contribution in [3.05, 3.63) is 71.0 Å². The van der Waals surface area contributed by atoms with Crippen molar-refractivity contribution in [1.82, 2.24) is 10.2 Å². The number of ether oxygens (including phenoxy) is 1. The van der Waals surface area contributed by atoms with Crippen LogP contribution in [0.4, 0.5) is 4.39 Å². The van der Waals surface area contributed by atoms with E-state index in [1.54, 1.807) is 13.2 Å². The molecular formula is C28H37FN2O3. The zero-order valence-electron chi connectivity index (χ0n) is 20.3. The number of aliphatic hydroxyl groups excluding tert-OH is 1. The lowest BCUT2D eigenvalue weighted by atomic mass is 9.61. The van der Waals surface area contributed by atoms with Crippen molar-refractivity contribution in [2.24, 2.45) is 11.8 Å². The highest BCUT2D eigenvalue weighted by Gasteiger charge is 2.51. The SMILES string of the molecule is COCCN1C[C@H](C(=O)c2ccccc2)[C@H](c2cccc(F)c2C)[C@@H](C2(CO)CCCCN2)C1. The average molecular weight is 469 g/mol. The van der Waals surface area contributed by atoms with Gasteiger partial charge >= 0.3 is 0 Å². The molecule has 2 saturated heterocycles. The van der Waals surface area contributed by atoms with Crippen LogP contribution in [-0.2, 0) is 4.74 Å². The number of likely N-dealkylation sites (tertiary alicyclic amines) is 1. The predicted molar refractivity (Wildman–Crippen MR) is 132 cm³/mol. The summed E-state index contributed by atoms with van der Waals surface area (Å²) < 4.78 is 20.2. The van der Waals surface area contributed by atoms with Crippen LogP contribution in [-0.4, -0.2) is 67.8 Å². The fraction of sp³-hybridized carbons (Fsp3) is 0.536. The molecule has 2 aliphatic heterocycles. The van der Waals surface area contributed by atoms with E-state index >= 15 is 0 Å². The van der Waals surface area contributed by atoms with E-state index in [9.17, 15) is 14.3 Å². The van der Waals surface area contributed by atoms with Crippen LogP contribution in [0.3, 0.4) is 0 Å². The number of Topliss-reactive ketones (excluding diaryl/α,β-unsaturated/α-hetero) is 1. The Morgan fingerprint density at radius 2 is 1.97 bits per heavy atom. The maximum absolute atomic E-state index is 14.8. The minimum absolute atomic E-state index is 0.00705. The summed E-state index contributed by atoms with van der Waals surface area (Å²) in [4.78, 5) is 16.3. The summed E-state index contributed by atoms with van der Waals surface area (Å²) in [6.45, 7) is 5.22. The Hall–Kier alpha value is -2.12. The standard InChI is InChI=1S/C28H37FN2O3/c1-20-22(11-8-12-25(20)29)26-23(27(33)21-9-4-3-5-10-21)17-31(15-16-34-2)18-24(26)28(19-32)13-6-7-14-30-28/h3-5,8-12,23-24,26,30,32H,6-7,13-19H2,1-2H3/t23-,24-,26-,28?/m0/s1. The van der Waals surface area contributed by atoms with Gasteiger partial charge in [0.25, 0.3) is 0 Å². The number of nitrogens with zero attached hydrogens (tertiary/aromatic N) is 1. The number of ketones is 1. The number of halogens is 1. The van der Waals surface area contributed by atoms with Crippen LogP contribution in [0.25, 0.3) is 0 Å². The second-order valence-electron chi connectivity index (χ2n) is 9.87. The summed E-state index contributed by atoms with van der Waals surface area (Å²) in [5.74, 6) is -0.795. The van der Waals surface area contributed by atoms with E-state index in [0.29, 0.717) is 30.8 Å². The van der Waals surface area contributed by atoms with Crippen LogP contribution < -0.4 is 5.32 Å². The van der Waals surface area contributed by atoms with Crippen LogP contribution >= 0.6 is 0 Å². The molecule has 1 unspecified atom stereocenters. The molecule has 0 bridgehead atoms. The number of benzene rings is 2. The van der Waals surface area contributed by atoms with E-state index in [1.807, 2.05) is 43.3 Å². The lowest BCUT2D eigenvalue weighted by Crippen LogP contribution is -2.64. The Kier molecular flexibility index (Phi) is 8.14. The first-order valence-electron chi connectivity index (χ1n) is 12.4. The maximum Gasteiger partial charge on any atom is 0.167 e. The molecule has 0 saturated carbocycles. The van der Waals surface area contributed by atoms with Gasteiger partial charge in [0.1, 0.15) is 5.82 Å². The third-order valence-corrected chi connectivity index (χ3v) is 7.97. The first-order chi connectivity index (χ1) is 16.5. The van der Waals surface area contributed by atoms with Crippen LogP contribution in [0.1, 0.15) is 46.7 Å². The highest BCUT2D eigenvalue weighted by molar-refractivity contribution is 5.98. The number of hydrogen-bond acceptors (Lipinski definition) is 5. The van der Waals surface area contributed by atoms with Gasteiger partial charge in [-0.3, -0.25) is 9.69 Å². The maximum atomic E-state index is 14.8. The van der Waals surface area contributed by atoms with Gasteiger partial charge in [0.05, 0.1) is 13.2 Å². The van der Waals surface area contributed by atoms with Gasteiger partial charge in [-0.2, -0.15) is 0 Å². The summed E-state index contributed by atoms with van der Waals surface area (Å²) in [6, 6.07) is 14.6. The highest BCUT2D eigenvalue weighted by Crippen LogP contribution is 2.47. The molecule has 4 rings (SSSR count). The topological polar surface area (TPSA) is 61.8 Å². The molecule has 2 aromatic carbocycles. The Morgan fingerprint density at radius 1 is 1.18 bits per heavy atom. The number of piperidine rings is 2. The van der Waals surface area contributed by atoms with Crippen LogP contribution in [0.5, 0.6) is 0 Å². The number of nitrogens with one attached hydrogen (secondary N) is 1. The lowest BCUT2D eigenvalue weighted by Gasteiger charge is -2.53. The summed E-state index contributed by atoms with van der Waals surface area (Å²) in [5, 5.41) is 14.4. The Morgan fingerprint density at radius 3 is 2.65 bits per heavy atom. The van der Waals surface area contributed by atoms with E-state index < -0.39 is 5.54 Å². The number of rotatable bonds is 8. The van der Waals surface area contributed by atoms with Gasteiger partial charge in [0, 0.05) is 49.7 Å². The van der Waals surface area contributed by atoms with E-state index in [2.05, 4.69) is 10.2 Å². The predicted octanol–water partition coefficient (Wildman–Crippen LogP) is 3.80. The van der Waals surface area contributed by atoms with Crippen molar-refractivity contribution in [3.8, 4) is 0 Å². The summed E-state index contributed by atoms with van der Waals surface area (Å²) in [7, 11) is 1.69. The van der Waals surface area contributed by atoms with Crippen molar-refractivity contribution in [2.45, 2.75) is 37.6 Å². The largest absolute Gasteiger partial charge is 0.394 e. The molecule has 2 heterocycles. The van der Waals surface area contributed by atoms with Gasteiger partial charge in [-0.25, -0.2) is 4.39 Å². The first kappa shape index (κ1) is 25.0. The van der Waals surface area contributed by atoms with Gasteiger partial charge in [-0.05, 0) is 49.4 Å². The van der Waals surface area contributed by atoms with Gasteiger partial charge in [0.15, 0.2) is 5.78 Å². The second kappa shape index (κ2) is 11.1. The van der Waals surface area contributed by atoms with Crippen molar-refractivity contribution < 1.29 is 19.0 Å². The third kappa shape index (κ3) is 4.96. The first-order valence-corrected chi connectivity index (χ1v) is 12.4.